The lowest BCUT2D eigenvalue weighted by Gasteiger charge is -2.12. The maximum atomic E-state index is 9.90. The molecule has 3 nitrogen and oxygen atoms in total. The van der Waals surface area contributed by atoms with Crippen LogP contribution in [0.15, 0.2) is 41.8 Å². The highest BCUT2D eigenvalue weighted by molar-refractivity contribution is 7.10. The van der Waals surface area contributed by atoms with Gasteiger partial charge in [-0.3, -0.25) is 0 Å². The second-order valence-corrected chi connectivity index (χ2v) is 4.55. The molecule has 17 heavy (non-hydrogen) atoms. The molecule has 2 N–H and O–H groups in total. The molecule has 0 bridgehead atoms. The van der Waals surface area contributed by atoms with Gasteiger partial charge in [0, 0.05) is 11.4 Å². The first-order chi connectivity index (χ1) is 8.31. The van der Waals surface area contributed by atoms with E-state index >= 15 is 0 Å². The van der Waals surface area contributed by atoms with Crippen LogP contribution in [0.3, 0.4) is 0 Å². The maximum Gasteiger partial charge on any atom is 0.105 e. The third kappa shape index (κ3) is 2.84. The van der Waals surface area contributed by atoms with Gasteiger partial charge in [0.2, 0.25) is 0 Å². The van der Waals surface area contributed by atoms with Crippen molar-refractivity contribution >= 4 is 17.0 Å². The Morgan fingerprint density at radius 3 is 2.82 bits per heavy atom. The molecule has 0 radical (unpaired) electrons. The van der Waals surface area contributed by atoms with Crippen molar-refractivity contribution in [2.45, 2.75) is 6.10 Å². The van der Waals surface area contributed by atoms with Gasteiger partial charge >= 0.3 is 0 Å². The second-order valence-electron chi connectivity index (χ2n) is 3.57. The highest BCUT2D eigenvalue weighted by atomic mass is 32.1. The fourth-order valence-electron chi connectivity index (χ4n) is 1.52. The van der Waals surface area contributed by atoms with Crippen molar-refractivity contribution in [1.82, 2.24) is 0 Å². The molecular weight excluding hydrogens is 232 g/mol. The molecule has 1 unspecified atom stereocenters. The summed E-state index contributed by atoms with van der Waals surface area (Å²) in [5, 5.41) is 23.8. The van der Waals surface area contributed by atoms with E-state index in [-0.39, 0.29) is 0 Å². The van der Waals surface area contributed by atoms with Crippen LogP contribution in [0, 0.1) is 11.3 Å². The van der Waals surface area contributed by atoms with Crippen molar-refractivity contribution in [3.8, 4) is 6.07 Å². The minimum absolute atomic E-state index is 0.402. The first kappa shape index (κ1) is 11.6. The van der Waals surface area contributed by atoms with E-state index in [4.69, 9.17) is 5.26 Å². The van der Waals surface area contributed by atoms with Gasteiger partial charge in [-0.25, -0.2) is 0 Å². The van der Waals surface area contributed by atoms with Crippen LogP contribution in [0.4, 0.5) is 5.69 Å². The predicted molar refractivity (Wildman–Crippen MR) is 68.9 cm³/mol. The maximum absolute atomic E-state index is 9.90. The van der Waals surface area contributed by atoms with Gasteiger partial charge in [-0.15, -0.1) is 11.3 Å². The van der Waals surface area contributed by atoms with Crippen LogP contribution in [-0.4, -0.2) is 11.7 Å². The molecule has 0 amide bonds. The fourth-order valence-corrected chi connectivity index (χ4v) is 2.23. The highest BCUT2D eigenvalue weighted by Crippen LogP contribution is 2.20. The summed E-state index contributed by atoms with van der Waals surface area (Å²) >= 11 is 1.52. The molecule has 4 heteroatoms. The molecule has 2 rings (SSSR count). The summed E-state index contributed by atoms with van der Waals surface area (Å²) in [5.41, 5.74) is 1.34. The summed E-state index contributed by atoms with van der Waals surface area (Å²) < 4.78 is 0. The Labute approximate surface area is 104 Å². The Kier molecular flexibility index (Phi) is 3.76. The van der Waals surface area contributed by atoms with Crippen molar-refractivity contribution in [3.63, 3.8) is 0 Å². The van der Waals surface area contributed by atoms with Crippen LogP contribution in [-0.2, 0) is 0 Å². The summed E-state index contributed by atoms with van der Waals surface area (Å²) in [6.07, 6.45) is -0.540. The van der Waals surface area contributed by atoms with Crippen molar-refractivity contribution in [1.29, 1.82) is 5.26 Å². The highest BCUT2D eigenvalue weighted by Gasteiger charge is 2.08. The van der Waals surface area contributed by atoms with E-state index in [0.29, 0.717) is 12.1 Å². The number of nitrogens with one attached hydrogen (secondary N) is 1. The second kappa shape index (κ2) is 5.48. The molecule has 1 aromatic carbocycles. The van der Waals surface area contributed by atoms with Crippen LogP contribution in [0.2, 0.25) is 0 Å². The summed E-state index contributed by atoms with van der Waals surface area (Å²) in [6.45, 7) is 0.402. The lowest BCUT2D eigenvalue weighted by molar-refractivity contribution is 0.195. The Bertz CT molecular complexity index is 516. The summed E-state index contributed by atoms with van der Waals surface area (Å²) in [5.74, 6) is 0. The number of anilines is 1. The van der Waals surface area contributed by atoms with Crippen molar-refractivity contribution in [2.75, 3.05) is 11.9 Å². The van der Waals surface area contributed by atoms with Crippen LogP contribution in [0.25, 0.3) is 0 Å². The Balaban J connectivity index is 2.01. The van der Waals surface area contributed by atoms with Gasteiger partial charge < -0.3 is 10.4 Å². The first-order valence-corrected chi connectivity index (χ1v) is 6.13. The molecule has 0 fully saturated rings. The van der Waals surface area contributed by atoms with Gasteiger partial charge in [-0.2, -0.15) is 5.26 Å². The van der Waals surface area contributed by atoms with Gasteiger partial charge in [-0.1, -0.05) is 18.2 Å². The number of benzene rings is 1. The molecule has 0 aliphatic rings. The Morgan fingerprint density at radius 2 is 2.12 bits per heavy atom. The normalized spacial score (nSPS) is 11.8. The van der Waals surface area contributed by atoms with E-state index in [1.165, 1.54) is 11.3 Å². The van der Waals surface area contributed by atoms with Crippen LogP contribution in [0.5, 0.6) is 0 Å². The quantitative estimate of drug-likeness (QED) is 0.869. The average molecular weight is 244 g/mol. The Morgan fingerprint density at radius 1 is 1.29 bits per heavy atom. The zero-order chi connectivity index (χ0) is 12.1. The predicted octanol–water partition coefficient (Wildman–Crippen LogP) is 2.77. The molecule has 0 aliphatic carbocycles. The zero-order valence-electron chi connectivity index (χ0n) is 9.13. The van der Waals surface area contributed by atoms with E-state index in [9.17, 15) is 5.11 Å². The van der Waals surface area contributed by atoms with E-state index in [1.54, 1.807) is 6.07 Å². The van der Waals surface area contributed by atoms with E-state index in [0.717, 1.165) is 10.6 Å². The number of hydrogen-bond donors (Lipinski definition) is 2. The molecule has 0 saturated heterocycles. The van der Waals surface area contributed by atoms with Gasteiger partial charge in [0.05, 0.1) is 11.3 Å². The summed E-state index contributed by atoms with van der Waals surface area (Å²) in [7, 11) is 0. The standard InChI is InChI=1S/C13H12N2OS/c14-8-10-4-1-2-5-11(10)15-9-12(16)13-6-3-7-17-13/h1-7,12,15-16H,9H2. The number of hydrogen-bond acceptors (Lipinski definition) is 4. The molecule has 1 atom stereocenters. The molecule has 0 saturated carbocycles. The minimum Gasteiger partial charge on any atom is -0.386 e. The van der Waals surface area contributed by atoms with Crippen LogP contribution >= 0.6 is 11.3 Å². The number of para-hydroxylation sites is 1. The van der Waals surface area contributed by atoms with Crippen molar-refractivity contribution in [2.24, 2.45) is 0 Å². The largest absolute Gasteiger partial charge is 0.386 e. The summed E-state index contributed by atoms with van der Waals surface area (Å²) in [4.78, 5) is 0.923. The molecule has 1 aromatic heterocycles. The average Bonchev–Trinajstić information content (AvgIpc) is 2.90. The number of rotatable bonds is 4. The van der Waals surface area contributed by atoms with E-state index < -0.39 is 6.10 Å². The third-order valence-corrected chi connectivity index (χ3v) is 3.38. The van der Waals surface area contributed by atoms with Gasteiger partial charge in [0.1, 0.15) is 12.2 Å². The molecule has 0 aliphatic heterocycles. The van der Waals surface area contributed by atoms with Gasteiger partial charge in [0.15, 0.2) is 0 Å². The van der Waals surface area contributed by atoms with Gasteiger partial charge in [-0.05, 0) is 23.6 Å². The number of nitriles is 1. The number of aliphatic hydroxyl groups is 1. The van der Waals surface area contributed by atoms with Crippen LogP contribution in [0.1, 0.15) is 16.5 Å². The van der Waals surface area contributed by atoms with Gasteiger partial charge in [0.25, 0.3) is 0 Å². The molecule has 0 spiro atoms. The van der Waals surface area contributed by atoms with Crippen LogP contribution < -0.4 is 5.32 Å². The number of nitrogens with zero attached hydrogens (tertiary/aromatic N) is 1. The molecular formula is C13H12N2OS. The van der Waals surface area contributed by atoms with E-state index in [2.05, 4.69) is 11.4 Å². The zero-order valence-corrected chi connectivity index (χ0v) is 9.95. The smallest absolute Gasteiger partial charge is 0.105 e. The lowest BCUT2D eigenvalue weighted by Crippen LogP contribution is -2.11. The lowest BCUT2D eigenvalue weighted by atomic mass is 10.2. The monoisotopic (exact) mass is 244 g/mol. The Hall–Kier alpha value is -1.83. The topological polar surface area (TPSA) is 56.0 Å². The summed E-state index contributed by atoms with van der Waals surface area (Å²) in [6, 6.07) is 13.2. The SMILES string of the molecule is N#Cc1ccccc1NCC(O)c1cccs1. The van der Waals surface area contributed by atoms with Crippen molar-refractivity contribution in [3.05, 3.63) is 52.2 Å². The first-order valence-electron chi connectivity index (χ1n) is 5.25. The minimum atomic E-state index is -0.540. The fraction of sp³-hybridized carbons (Fsp3) is 0.154. The van der Waals surface area contributed by atoms with E-state index in [1.807, 2.05) is 35.7 Å². The number of aliphatic hydroxyl groups excluding tert-OH is 1. The molecule has 1 heterocycles. The van der Waals surface area contributed by atoms with Crippen molar-refractivity contribution < 1.29 is 5.11 Å². The number of thiophene rings is 1. The molecule has 86 valence electrons. The third-order valence-electron chi connectivity index (χ3n) is 2.40. The molecule has 2 aromatic rings.